The Morgan fingerprint density at radius 1 is 1.18 bits per heavy atom. The Labute approximate surface area is 67.6 Å². The van der Waals surface area contributed by atoms with Gasteiger partial charge in [-0.1, -0.05) is 36.0 Å². The molecule has 0 radical (unpaired) electrons. The molecule has 2 rings (SSSR count). The monoisotopic (exact) mass is 144 g/mol. The fraction of sp³-hybridized carbons (Fsp3) is 0.273. The van der Waals surface area contributed by atoms with Gasteiger partial charge in [0.1, 0.15) is 0 Å². The van der Waals surface area contributed by atoms with E-state index in [0.717, 1.165) is 12.8 Å². The summed E-state index contributed by atoms with van der Waals surface area (Å²) < 4.78 is 0. The second-order valence-electron chi connectivity index (χ2n) is 3.21. The van der Waals surface area contributed by atoms with E-state index < -0.39 is 0 Å². The standard InChI is InChI=1S/C11H12/c1-9-7-10-5-3-2-4-6-11(10)8-9/h2-5,8H,6-7H2,1H3. The minimum absolute atomic E-state index is 1.11. The van der Waals surface area contributed by atoms with E-state index in [9.17, 15) is 0 Å². The van der Waals surface area contributed by atoms with Gasteiger partial charge in [-0.15, -0.1) is 0 Å². The smallest absolute Gasteiger partial charge is 0.00638 e. The Bertz CT molecular complexity index is 285. The zero-order valence-electron chi connectivity index (χ0n) is 6.80. The largest absolute Gasteiger partial charge is 0.0801 e. The van der Waals surface area contributed by atoms with Gasteiger partial charge in [-0.05, 0) is 30.9 Å². The molecule has 0 aromatic carbocycles. The van der Waals surface area contributed by atoms with Crippen LogP contribution in [-0.2, 0) is 0 Å². The fourth-order valence-electron chi connectivity index (χ4n) is 1.66. The zero-order valence-corrected chi connectivity index (χ0v) is 6.80. The molecule has 0 amide bonds. The molecule has 2 aliphatic carbocycles. The molecule has 0 saturated carbocycles. The van der Waals surface area contributed by atoms with Gasteiger partial charge in [-0.25, -0.2) is 0 Å². The summed E-state index contributed by atoms with van der Waals surface area (Å²) in [4.78, 5) is 0. The van der Waals surface area contributed by atoms with Crippen LogP contribution in [0.25, 0.3) is 0 Å². The Morgan fingerprint density at radius 2 is 2.09 bits per heavy atom. The lowest BCUT2D eigenvalue weighted by atomic mass is 10.1. The summed E-state index contributed by atoms with van der Waals surface area (Å²) in [6.07, 6.45) is 13.3. The van der Waals surface area contributed by atoms with Crippen molar-refractivity contribution in [3.63, 3.8) is 0 Å². The Morgan fingerprint density at radius 3 is 3.00 bits per heavy atom. The molecule has 0 N–H and O–H groups in total. The predicted octanol–water partition coefficient (Wildman–Crippen LogP) is 3.15. The molecule has 0 nitrogen and oxygen atoms in total. The molecular formula is C11H12. The molecule has 0 bridgehead atoms. The summed E-state index contributed by atoms with van der Waals surface area (Å²) in [5.41, 5.74) is 4.51. The highest BCUT2D eigenvalue weighted by Gasteiger charge is 2.09. The summed E-state index contributed by atoms with van der Waals surface area (Å²) in [5.74, 6) is 0. The van der Waals surface area contributed by atoms with Gasteiger partial charge < -0.3 is 0 Å². The molecule has 0 saturated heterocycles. The van der Waals surface area contributed by atoms with Crippen LogP contribution in [0, 0.1) is 0 Å². The summed E-state index contributed by atoms with van der Waals surface area (Å²) in [5, 5.41) is 0. The van der Waals surface area contributed by atoms with Crippen LogP contribution in [0.4, 0.5) is 0 Å². The number of allylic oxidation sites excluding steroid dienone is 8. The third kappa shape index (κ3) is 1.21. The fourth-order valence-corrected chi connectivity index (χ4v) is 1.66. The Kier molecular flexibility index (Phi) is 1.54. The molecular weight excluding hydrogens is 132 g/mol. The molecule has 0 heterocycles. The minimum Gasteiger partial charge on any atom is -0.0801 e. The second-order valence-corrected chi connectivity index (χ2v) is 3.21. The number of rotatable bonds is 0. The van der Waals surface area contributed by atoms with Gasteiger partial charge in [0.05, 0.1) is 0 Å². The van der Waals surface area contributed by atoms with Crippen molar-refractivity contribution in [1.82, 2.24) is 0 Å². The highest BCUT2D eigenvalue weighted by atomic mass is 14.1. The van der Waals surface area contributed by atoms with Gasteiger partial charge in [0, 0.05) is 0 Å². The molecule has 2 aliphatic rings. The van der Waals surface area contributed by atoms with E-state index in [1.165, 1.54) is 16.7 Å². The van der Waals surface area contributed by atoms with Crippen LogP contribution in [0.3, 0.4) is 0 Å². The molecule has 0 unspecified atom stereocenters. The highest BCUT2D eigenvalue weighted by molar-refractivity contribution is 5.46. The van der Waals surface area contributed by atoms with E-state index in [2.05, 4.69) is 37.3 Å². The lowest BCUT2D eigenvalue weighted by Gasteiger charge is -1.95. The van der Waals surface area contributed by atoms with Crippen LogP contribution in [-0.4, -0.2) is 0 Å². The third-order valence-electron chi connectivity index (χ3n) is 2.18. The predicted molar refractivity (Wildman–Crippen MR) is 48.3 cm³/mol. The van der Waals surface area contributed by atoms with Crippen molar-refractivity contribution in [3.8, 4) is 0 Å². The van der Waals surface area contributed by atoms with Crippen molar-refractivity contribution in [2.45, 2.75) is 19.8 Å². The van der Waals surface area contributed by atoms with E-state index >= 15 is 0 Å². The van der Waals surface area contributed by atoms with Crippen LogP contribution in [0.1, 0.15) is 19.8 Å². The lowest BCUT2D eigenvalue weighted by Crippen LogP contribution is -1.76. The average molecular weight is 144 g/mol. The molecule has 0 aromatic heterocycles. The maximum Gasteiger partial charge on any atom is -0.00638 e. The summed E-state index contributed by atoms with van der Waals surface area (Å²) >= 11 is 0. The summed E-state index contributed by atoms with van der Waals surface area (Å²) in [7, 11) is 0. The molecule has 0 spiro atoms. The van der Waals surface area contributed by atoms with Crippen molar-refractivity contribution in [2.75, 3.05) is 0 Å². The van der Waals surface area contributed by atoms with Crippen LogP contribution < -0.4 is 0 Å². The maximum atomic E-state index is 2.31. The van der Waals surface area contributed by atoms with Crippen molar-refractivity contribution in [2.24, 2.45) is 0 Å². The lowest BCUT2D eigenvalue weighted by molar-refractivity contribution is 1.18. The van der Waals surface area contributed by atoms with E-state index in [4.69, 9.17) is 0 Å². The molecule has 0 atom stereocenters. The van der Waals surface area contributed by atoms with Crippen LogP contribution in [0.15, 0.2) is 47.1 Å². The van der Waals surface area contributed by atoms with Crippen LogP contribution in [0.2, 0.25) is 0 Å². The molecule has 0 heteroatoms. The van der Waals surface area contributed by atoms with Gasteiger partial charge in [0.25, 0.3) is 0 Å². The molecule has 11 heavy (non-hydrogen) atoms. The normalized spacial score (nSPS) is 21.7. The SMILES string of the molecule is CC1=CC2=C(C=CC=CC2)C1. The Balaban J connectivity index is 2.33. The van der Waals surface area contributed by atoms with Gasteiger partial charge in [-0.3, -0.25) is 0 Å². The van der Waals surface area contributed by atoms with Gasteiger partial charge >= 0.3 is 0 Å². The molecule has 0 aromatic rings. The highest BCUT2D eigenvalue weighted by Crippen LogP contribution is 2.29. The van der Waals surface area contributed by atoms with E-state index in [1.54, 1.807) is 0 Å². The molecule has 56 valence electrons. The topological polar surface area (TPSA) is 0 Å². The molecule has 0 fully saturated rings. The molecule has 0 aliphatic heterocycles. The number of hydrogen-bond donors (Lipinski definition) is 0. The minimum atomic E-state index is 1.11. The first-order valence-electron chi connectivity index (χ1n) is 4.08. The van der Waals surface area contributed by atoms with Gasteiger partial charge in [0.15, 0.2) is 0 Å². The van der Waals surface area contributed by atoms with Crippen LogP contribution >= 0.6 is 0 Å². The Hall–Kier alpha value is -1.04. The van der Waals surface area contributed by atoms with E-state index in [0.29, 0.717) is 0 Å². The van der Waals surface area contributed by atoms with Crippen molar-refractivity contribution >= 4 is 0 Å². The van der Waals surface area contributed by atoms with Gasteiger partial charge in [0.2, 0.25) is 0 Å². The number of hydrogen-bond acceptors (Lipinski definition) is 0. The summed E-state index contributed by atoms with van der Waals surface area (Å²) in [6, 6.07) is 0. The van der Waals surface area contributed by atoms with Crippen molar-refractivity contribution in [1.29, 1.82) is 0 Å². The quantitative estimate of drug-likeness (QED) is 0.490. The van der Waals surface area contributed by atoms with E-state index in [1.807, 2.05) is 0 Å². The van der Waals surface area contributed by atoms with Crippen molar-refractivity contribution in [3.05, 3.63) is 47.1 Å². The van der Waals surface area contributed by atoms with Gasteiger partial charge in [-0.2, -0.15) is 0 Å². The summed E-state index contributed by atoms with van der Waals surface area (Å²) in [6.45, 7) is 2.20. The first-order chi connectivity index (χ1) is 5.36. The maximum absolute atomic E-state index is 2.31. The second kappa shape index (κ2) is 2.54. The van der Waals surface area contributed by atoms with Crippen LogP contribution in [0.5, 0.6) is 0 Å². The van der Waals surface area contributed by atoms with Crippen molar-refractivity contribution < 1.29 is 0 Å². The first kappa shape index (κ1) is 6.66. The zero-order chi connectivity index (χ0) is 7.68. The third-order valence-corrected chi connectivity index (χ3v) is 2.18. The van der Waals surface area contributed by atoms with E-state index in [-0.39, 0.29) is 0 Å². The average Bonchev–Trinajstić information content (AvgIpc) is 2.17. The first-order valence-corrected chi connectivity index (χ1v) is 4.08.